The third-order valence-electron chi connectivity index (χ3n) is 0.655. The Morgan fingerprint density at radius 2 is 1.33 bits per heavy atom. The Labute approximate surface area is 57.7 Å². The van der Waals surface area contributed by atoms with E-state index in [0.29, 0.717) is 0 Å². The lowest BCUT2D eigenvalue weighted by molar-refractivity contribution is 0.399. The van der Waals surface area contributed by atoms with Crippen molar-refractivity contribution in [1.82, 2.24) is 0 Å². The molecule has 1 rings (SSSR count). The highest BCUT2D eigenvalue weighted by molar-refractivity contribution is 5.11. The first-order valence-corrected chi connectivity index (χ1v) is 3.26. The maximum absolute atomic E-state index is 7.00. The first kappa shape index (κ1) is 11.3. The van der Waals surface area contributed by atoms with Crippen molar-refractivity contribution in [1.29, 1.82) is 0 Å². The molecular weight excluding hydrogens is 112 g/mol. The van der Waals surface area contributed by atoms with Gasteiger partial charge in [-0.15, -0.1) is 0 Å². The maximum Gasteiger partial charge on any atom is 0.0319 e. The van der Waals surface area contributed by atoms with Gasteiger partial charge in [0.2, 0.25) is 0 Å². The topological polar surface area (TPSA) is 20.2 Å². The van der Waals surface area contributed by atoms with E-state index in [0.717, 1.165) is 13.5 Å². The van der Waals surface area contributed by atoms with Crippen LogP contribution in [-0.4, -0.2) is 12.2 Å². The van der Waals surface area contributed by atoms with Crippen LogP contribution in [0.2, 0.25) is 0 Å². The number of hydrogen-bond donors (Lipinski definition) is 1. The van der Waals surface area contributed by atoms with Gasteiger partial charge in [-0.3, -0.25) is 0 Å². The van der Waals surface area contributed by atoms with E-state index in [9.17, 15) is 0 Å². The zero-order valence-electron chi connectivity index (χ0n) is 6.46. The molecule has 0 aromatic carbocycles. The van der Waals surface area contributed by atoms with Gasteiger partial charge >= 0.3 is 0 Å². The van der Waals surface area contributed by atoms with Crippen molar-refractivity contribution in [3.63, 3.8) is 0 Å². The van der Waals surface area contributed by atoms with Crippen LogP contribution in [0.5, 0.6) is 0 Å². The minimum atomic E-state index is 1.00. The van der Waals surface area contributed by atoms with Crippen LogP contribution in [0.3, 0.4) is 0 Å². The molecule has 0 spiro atoms. The molecule has 0 fully saturated rings. The first-order valence-electron chi connectivity index (χ1n) is 3.26. The van der Waals surface area contributed by atoms with Crippen LogP contribution in [0.4, 0.5) is 0 Å². The van der Waals surface area contributed by atoms with Crippen molar-refractivity contribution in [2.75, 3.05) is 7.11 Å². The number of aliphatic hydroxyl groups excluding tert-OH is 1. The Hall–Kier alpha value is -0.560. The molecule has 9 heavy (non-hydrogen) atoms. The van der Waals surface area contributed by atoms with E-state index in [1.807, 2.05) is 13.8 Å². The predicted octanol–water partition coefficient (Wildman–Crippen LogP) is 2.14. The number of aliphatic hydroxyl groups is 1. The largest absolute Gasteiger partial charge is 0.400 e. The fourth-order valence-corrected chi connectivity index (χ4v) is 0.393. The summed E-state index contributed by atoms with van der Waals surface area (Å²) in [5, 5.41) is 7.00. The Kier molecular flexibility index (Phi) is 19.6. The van der Waals surface area contributed by atoms with Crippen molar-refractivity contribution in [2.24, 2.45) is 0 Å². The van der Waals surface area contributed by atoms with E-state index in [-0.39, 0.29) is 0 Å². The van der Waals surface area contributed by atoms with Gasteiger partial charge in [-0.25, -0.2) is 0 Å². The molecule has 0 aromatic rings. The van der Waals surface area contributed by atoms with Crippen LogP contribution < -0.4 is 0 Å². The van der Waals surface area contributed by atoms with Crippen LogP contribution in [-0.2, 0) is 0 Å². The normalized spacial score (nSPS) is 11.1. The van der Waals surface area contributed by atoms with Gasteiger partial charge in [0.25, 0.3) is 0 Å². The lowest BCUT2D eigenvalue weighted by Crippen LogP contribution is -1.37. The average molecular weight is 128 g/mol. The zero-order valence-corrected chi connectivity index (χ0v) is 6.46. The summed E-state index contributed by atoms with van der Waals surface area (Å²) in [6.07, 6.45) is 9.50. The van der Waals surface area contributed by atoms with Crippen LogP contribution >= 0.6 is 0 Å². The summed E-state index contributed by atoms with van der Waals surface area (Å²) in [7, 11) is 1.00. The fourth-order valence-electron chi connectivity index (χ4n) is 0.393. The van der Waals surface area contributed by atoms with Gasteiger partial charge in [0.1, 0.15) is 0 Å². The molecule has 0 radical (unpaired) electrons. The van der Waals surface area contributed by atoms with Gasteiger partial charge in [0.15, 0.2) is 0 Å². The molecule has 0 aromatic heterocycles. The lowest BCUT2D eigenvalue weighted by atomic mass is 10.5. The quantitative estimate of drug-likeness (QED) is 0.530. The van der Waals surface area contributed by atoms with Gasteiger partial charge < -0.3 is 5.11 Å². The fraction of sp³-hybridized carbons (Fsp3) is 0.500. The molecular formula is C8H16O. The molecule has 0 unspecified atom stereocenters. The van der Waals surface area contributed by atoms with Gasteiger partial charge in [0.05, 0.1) is 0 Å². The standard InChI is InChI=1S/C5H6.C2H6.CH4O/c1-2-4-5-3-1;2*1-2/h1-4H,5H2;1-2H3;2H,1H3. The summed E-state index contributed by atoms with van der Waals surface area (Å²) in [5.74, 6) is 0. The molecule has 0 saturated heterocycles. The summed E-state index contributed by atoms with van der Waals surface area (Å²) < 4.78 is 0. The summed E-state index contributed by atoms with van der Waals surface area (Å²) in [6, 6.07) is 0. The van der Waals surface area contributed by atoms with Crippen LogP contribution in [0.1, 0.15) is 20.3 Å². The predicted molar refractivity (Wildman–Crippen MR) is 42.4 cm³/mol. The summed E-state index contributed by atoms with van der Waals surface area (Å²) >= 11 is 0. The number of allylic oxidation sites excluding steroid dienone is 4. The maximum atomic E-state index is 7.00. The molecule has 0 atom stereocenters. The summed E-state index contributed by atoms with van der Waals surface area (Å²) in [4.78, 5) is 0. The second kappa shape index (κ2) is 15.7. The number of hydrogen-bond acceptors (Lipinski definition) is 1. The minimum absolute atomic E-state index is 1.00. The molecule has 0 aliphatic heterocycles. The molecule has 1 aliphatic rings. The zero-order chi connectivity index (χ0) is 7.54. The Balaban J connectivity index is 0. The number of rotatable bonds is 0. The highest BCUT2D eigenvalue weighted by atomic mass is 16.2. The van der Waals surface area contributed by atoms with Crippen LogP contribution in [0, 0.1) is 0 Å². The molecule has 0 amide bonds. The van der Waals surface area contributed by atoms with Crippen LogP contribution in [0.15, 0.2) is 24.3 Å². The third kappa shape index (κ3) is 11.2. The van der Waals surface area contributed by atoms with Gasteiger partial charge in [-0.2, -0.15) is 0 Å². The minimum Gasteiger partial charge on any atom is -0.400 e. The van der Waals surface area contributed by atoms with E-state index in [4.69, 9.17) is 5.11 Å². The van der Waals surface area contributed by atoms with E-state index in [1.165, 1.54) is 0 Å². The first-order chi connectivity index (χ1) is 4.50. The molecule has 1 heteroatoms. The monoisotopic (exact) mass is 128 g/mol. The van der Waals surface area contributed by atoms with E-state index in [2.05, 4.69) is 24.3 Å². The third-order valence-corrected chi connectivity index (χ3v) is 0.655. The molecule has 0 saturated carbocycles. The molecule has 0 bridgehead atoms. The van der Waals surface area contributed by atoms with Crippen LogP contribution in [0.25, 0.3) is 0 Å². The molecule has 0 heterocycles. The molecule has 1 nitrogen and oxygen atoms in total. The van der Waals surface area contributed by atoms with Crippen molar-refractivity contribution in [3.8, 4) is 0 Å². The average Bonchev–Trinajstić information content (AvgIpc) is 2.51. The van der Waals surface area contributed by atoms with E-state index >= 15 is 0 Å². The van der Waals surface area contributed by atoms with E-state index in [1.54, 1.807) is 0 Å². The Morgan fingerprint density at radius 3 is 1.44 bits per heavy atom. The lowest BCUT2D eigenvalue weighted by Gasteiger charge is -1.57. The molecule has 1 N–H and O–H groups in total. The van der Waals surface area contributed by atoms with E-state index < -0.39 is 0 Å². The summed E-state index contributed by atoms with van der Waals surface area (Å²) in [6.45, 7) is 4.00. The second-order valence-corrected chi connectivity index (χ2v) is 1.09. The van der Waals surface area contributed by atoms with Gasteiger partial charge in [0, 0.05) is 7.11 Å². The highest BCUT2D eigenvalue weighted by Crippen LogP contribution is 1.93. The Bertz CT molecular complexity index is 62.6. The molecule has 54 valence electrons. The highest BCUT2D eigenvalue weighted by Gasteiger charge is 1.72. The molecule has 1 aliphatic carbocycles. The van der Waals surface area contributed by atoms with Gasteiger partial charge in [-0.05, 0) is 6.42 Å². The van der Waals surface area contributed by atoms with Crippen molar-refractivity contribution in [2.45, 2.75) is 20.3 Å². The SMILES string of the molecule is C1=CCC=C1.CC.CO. The van der Waals surface area contributed by atoms with Crippen molar-refractivity contribution in [3.05, 3.63) is 24.3 Å². The second-order valence-electron chi connectivity index (χ2n) is 1.09. The van der Waals surface area contributed by atoms with Crippen molar-refractivity contribution < 1.29 is 5.11 Å². The smallest absolute Gasteiger partial charge is 0.0319 e. The summed E-state index contributed by atoms with van der Waals surface area (Å²) in [5.41, 5.74) is 0. The van der Waals surface area contributed by atoms with Crippen molar-refractivity contribution >= 4 is 0 Å². The van der Waals surface area contributed by atoms with Gasteiger partial charge in [-0.1, -0.05) is 38.2 Å². The Morgan fingerprint density at radius 1 is 1.00 bits per heavy atom.